The molecule has 0 aliphatic heterocycles. The Morgan fingerprint density at radius 2 is 1.94 bits per heavy atom. The first-order chi connectivity index (χ1) is 8.06. The van der Waals surface area contributed by atoms with E-state index in [0.717, 1.165) is 11.0 Å². The number of benzene rings is 1. The monoisotopic (exact) mass is 292 g/mol. The lowest BCUT2D eigenvalue weighted by Crippen LogP contribution is -2.16. The number of halogens is 1. The number of anilines is 1. The fourth-order valence-corrected chi connectivity index (χ4v) is 2.91. The van der Waals surface area contributed by atoms with Crippen LogP contribution in [0.2, 0.25) is 0 Å². The van der Waals surface area contributed by atoms with Gasteiger partial charge in [0.1, 0.15) is 0 Å². The van der Waals surface area contributed by atoms with E-state index in [9.17, 15) is 0 Å². The van der Waals surface area contributed by atoms with Crippen LogP contribution in [0, 0.1) is 30.6 Å². The second kappa shape index (κ2) is 4.70. The molecular weight excluding hydrogens is 276 g/mol. The Balaban J connectivity index is 2.07. The van der Waals surface area contributed by atoms with E-state index in [4.69, 9.17) is 5.26 Å². The lowest BCUT2D eigenvalue weighted by atomic mass is 10.0. The highest BCUT2D eigenvalue weighted by molar-refractivity contribution is 9.10. The molecule has 2 rings (SSSR count). The van der Waals surface area contributed by atoms with Crippen LogP contribution < -0.4 is 5.32 Å². The molecule has 0 spiro atoms. The van der Waals surface area contributed by atoms with E-state index in [2.05, 4.69) is 53.3 Å². The molecule has 1 fully saturated rings. The molecule has 2 nitrogen and oxygen atoms in total. The summed E-state index contributed by atoms with van der Waals surface area (Å²) in [6, 6.07) is 6.55. The lowest BCUT2D eigenvalue weighted by Gasteiger charge is -2.17. The summed E-state index contributed by atoms with van der Waals surface area (Å²) in [5.74, 6) is 0. The zero-order valence-electron chi connectivity index (χ0n) is 10.3. The molecule has 3 heteroatoms. The SMILES string of the molecule is Cc1cc(Br)cc(C)c1NCC1(CC#N)CC1. The Labute approximate surface area is 111 Å². The molecule has 1 aliphatic carbocycles. The first-order valence-electron chi connectivity index (χ1n) is 5.94. The predicted octanol–water partition coefficient (Wildman–Crippen LogP) is 4.17. The summed E-state index contributed by atoms with van der Waals surface area (Å²) in [4.78, 5) is 0. The van der Waals surface area contributed by atoms with Crippen LogP contribution >= 0.6 is 15.9 Å². The first-order valence-corrected chi connectivity index (χ1v) is 6.73. The molecule has 0 aromatic heterocycles. The van der Waals surface area contributed by atoms with Crippen molar-refractivity contribution in [1.82, 2.24) is 0 Å². The van der Waals surface area contributed by atoms with Gasteiger partial charge in [-0.15, -0.1) is 0 Å². The molecule has 17 heavy (non-hydrogen) atoms. The third-order valence-electron chi connectivity index (χ3n) is 3.55. The summed E-state index contributed by atoms with van der Waals surface area (Å²) in [6.45, 7) is 5.15. The predicted molar refractivity (Wildman–Crippen MR) is 74.0 cm³/mol. The standard InChI is InChI=1S/C14H17BrN2/c1-10-7-12(15)8-11(2)13(10)17-9-14(3-4-14)5-6-16/h7-8,17H,3-5,9H2,1-2H3. The van der Waals surface area contributed by atoms with Gasteiger partial charge in [-0.05, 0) is 49.9 Å². The maximum absolute atomic E-state index is 8.80. The van der Waals surface area contributed by atoms with Crippen molar-refractivity contribution in [3.8, 4) is 6.07 Å². The van der Waals surface area contributed by atoms with Gasteiger partial charge in [-0.3, -0.25) is 0 Å². The average molecular weight is 293 g/mol. The average Bonchev–Trinajstić information content (AvgIpc) is 2.97. The molecular formula is C14H17BrN2. The van der Waals surface area contributed by atoms with Gasteiger partial charge in [-0.1, -0.05) is 15.9 Å². The zero-order chi connectivity index (χ0) is 12.5. The van der Waals surface area contributed by atoms with Crippen molar-refractivity contribution in [3.63, 3.8) is 0 Å². The quantitative estimate of drug-likeness (QED) is 0.904. The molecule has 1 aromatic rings. The van der Waals surface area contributed by atoms with E-state index < -0.39 is 0 Å². The molecule has 90 valence electrons. The second-order valence-corrected chi connectivity index (χ2v) is 6.02. The van der Waals surface area contributed by atoms with Crippen molar-refractivity contribution in [2.45, 2.75) is 33.1 Å². The molecule has 0 bridgehead atoms. The summed E-state index contributed by atoms with van der Waals surface area (Å²) in [5, 5.41) is 12.3. The summed E-state index contributed by atoms with van der Waals surface area (Å²) in [7, 11) is 0. The number of nitrogens with one attached hydrogen (secondary N) is 1. The van der Waals surface area contributed by atoms with E-state index in [1.165, 1.54) is 29.7 Å². The molecule has 1 saturated carbocycles. The number of rotatable bonds is 4. The molecule has 1 aromatic carbocycles. The molecule has 0 saturated heterocycles. The Bertz CT molecular complexity index is 447. The van der Waals surface area contributed by atoms with Crippen LogP contribution in [-0.4, -0.2) is 6.54 Å². The summed E-state index contributed by atoms with van der Waals surface area (Å²) in [6.07, 6.45) is 3.04. The molecule has 1 aliphatic rings. The summed E-state index contributed by atoms with van der Waals surface area (Å²) in [5.41, 5.74) is 3.98. The lowest BCUT2D eigenvalue weighted by molar-refractivity contribution is 0.557. The third-order valence-corrected chi connectivity index (χ3v) is 4.01. The minimum Gasteiger partial charge on any atom is -0.384 e. The first kappa shape index (κ1) is 12.4. The maximum Gasteiger partial charge on any atom is 0.0628 e. The number of hydrogen-bond donors (Lipinski definition) is 1. The van der Waals surface area contributed by atoms with Gasteiger partial charge in [0, 0.05) is 28.5 Å². The minimum atomic E-state index is 0.251. The van der Waals surface area contributed by atoms with E-state index in [0.29, 0.717) is 6.42 Å². The van der Waals surface area contributed by atoms with Gasteiger partial charge in [0.2, 0.25) is 0 Å². The van der Waals surface area contributed by atoms with Gasteiger partial charge in [0.15, 0.2) is 0 Å². The highest BCUT2D eigenvalue weighted by Gasteiger charge is 2.42. The topological polar surface area (TPSA) is 35.8 Å². The second-order valence-electron chi connectivity index (χ2n) is 5.10. The van der Waals surface area contributed by atoms with Crippen molar-refractivity contribution in [2.75, 3.05) is 11.9 Å². The molecule has 1 N–H and O–H groups in total. The van der Waals surface area contributed by atoms with Crippen molar-refractivity contribution >= 4 is 21.6 Å². The smallest absolute Gasteiger partial charge is 0.0628 e. The molecule has 0 unspecified atom stereocenters. The Kier molecular flexibility index (Phi) is 3.44. The zero-order valence-corrected chi connectivity index (χ0v) is 11.9. The molecule has 0 atom stereocenters. The maximum atomic E-state index is 8.80. The van der Waals surface area contributed by atoms with Crippen molar-refractivity contribution in [3.05, 3.63) is 27.7 Å². The molecule has 0 radical (unpaired) electrons. The Hall–Kier alpha value is -1.01. The van der Waals surface area contributed by atoms with Gasteiger partial charge in [0.25, 0.3) is 0 Å². The van der Waals surface area contributed by atoms with Crippen molar-refractivity contribution < 1.29 is 0 Å². The van der Waals surface area contributed by atoms with Crippen LogP contribution in [0.25, 0.3) is 0 Å². The van der Waals surface area contributed by atoms with E-state index in [-0.39, 0.29) is 5.41 Å². The number of nitrogens with zero attached hydrogens (tertiary/aromatic N) is 1. The Morgan fingerprint density at radius 1 is 1.35 bits per heavy atom. The number of hydrogen-bond acceptors (Lipinski definition) is 2. The van der Waals surface area contributed by atoms with Gasteiger partial charge in [-0.25, -0.2) is 0 Å². The molecule has 0 amide bonds. The summed E-state index contributed by atoms with van der Waals surface area (Å²) >= 11 is 3.50. The van der Waals surface area contributed by atoms with Crippen LogP contribution in [0.1, 0.15) is 30.4 Å². The third kappa shape index (κ3) is 2.81. The fraction of sp³-hybridized carbons (Fsp3) is 0.500. The van der Waals surface area contributed by atoms with Crippen LogP contribution in [0.5, 0.6) is 0 Å². The largest absolute Gasteiger partial charge is 0.384 e. The number of aryl methyl sites for hydroxylation is 2. The van der Waals surface area contributed by atoms with Gasteiger partial charge >= 0.3 is 0 Å². The van der Waals surface area contributed by atoms with Crippen molar-refractivity contribution in [1.29, 1.82) is 5.26 Å². The van der Waals surface area contributed by atoms with Crippen molar-refractivity contribution in [2.24, 2.45) is 5.41 Å². The molecule has 0 heterocycles. The van der Waals surface area contributed by atoms with E-state index >= 15 is 0 Å². The van der Waals surface area contributed by atoms with Gasteiger partial charge in [-0.2, -0.15) is 5.26 Å². The summed E-state index contributed by atoms with van der Waals surface area (Å²) < 4.78 is 1.12. The van der Waals surface area contributed by atoms with E-state index in [1.807, 2.05) is 0 Å². The van der Waals surface area contributed by atoms with Crippen LogP contribution in [0.15, 0.2) is 16.6 Å². The van der Waals surface area contributed by atoms with Crippen LogP contribution in [0.3, 0.4) is 0 Å². The normalized spacial score (nSPS) is 16.4. The highest BCUT2D eigenvalue weighted by Crippen LogP contribution is 2.48. The van der Waals surface area contributed by atoms with Crippen LogP contribution in [-0.2, 0) is 0 Å². The number of nitriles is 1. The van der Waals surface area contributed by atoms with Crippen LogP contribution in [0.4, 0.5) is 5.69 Å². The van der Waals surface area contributed by atoms with Gasteiger partial charge in [0.05, 0.1) is 6.07 Å². The Morgan fingerprint density at radius 3 is 2.41 bits per heavy atom. The van der Waals surface area contributed by atoms with Gasteiger partial charge < -0.3 is 5.32 Å². The minimum absolute atomic E-state index is 0.251. The highest BCUT2D eigenvalue weighted by atomic mass is 79.9. The fourth-order valence-electron chi connectivity index (χ4n) is 2.23. The van der Waals surface area contributed by atoms with E-state index in [1.54, 1.807) is 0 Å².